The van der Waals surface area contributed by atoms with Crippen LogP contribution in [0.25, 0.3) is 20.5 Å². The van der Waals surface area contributed by atoms with Gasteiger partial charge in [-0.2, -0.15) is 0 Å². The van der Waals surface area contributed by atoms with Crippen molar-refractivity contribution in [3.05, 3.63) is 65.4 Å². The molecule has 128 valence electrons. The Balaban J connectivity index is 1.87. The van der Waals surface area contributed by atoms with Gasteiger partial charge in [0.1, 0.15) is 5.82 Å². The highest BCUT2D eigenvalue weighted by atomic mass is 35.5. The average molecular weight is 382 g/mol. The number of amides is 1. The van der Waals surface area contributed by atoms with Crippen LogP contribution in [0.1, 0.15) is 10.5 Å². The number of hydrogen-bond donors (Lipinski definition) is 2. The number of carbonyl (C=O) groups is 1. The third-order valence-corrected chi connectivity index (χ3v) is 5.17. The maximum absolute atomic E-state index is 11.8. The topological polar surface area (TPSA) is 93.8 Å². The van der Waals surface area contributed by atoms with Crippen LogP contribution >= 0.6 is 22.9 Å². The Hall–Kier alpha value is -3.03. The number of aromatic nitrogens is 3. The van der Waals surface area contributed by atoms with Gasteiger partial charge in [-0.05, 0) is 35.9 Å². The van der Waals surface area contributed by atoms with Crippen molar-refractivity contribution in [2.45, 2.75) is 0 Å². The molecule has 4 aromatic rings. The first kappa shape index (κ1) is 16.4. The van der Waals surface area contributed by atoms with E-state index in [1.54, 1.807) is 6.20 Å². The molecule has 3 heterocycles. The third-order valence-electron chi connectivity index (χ3n) is 3.73. The molecule has 0 aliphatic heterocycles. The number of nitrogens with zero attached hydrogens (tertiary/aromatic N) is 3. The first-order chi connectivity index (χ1) is 12.6. The lowest BCUT2D eigenvalue weighted by atomic mass is 10.1. The average Bonchev–Trinajstić information content (AvgIpc) is 3.09. The Morgan fingerprint density at radius 3 is 2.62 bits per heavy atom. The Labute approximate surface area is 157 Å². The molecule has 3 N–H and O–H groups in total. The van der Waals surface area contributed by atoms with Gasteiger partial charge in [-0.1, -0.05) is 29.8 Å². The zero-order valence-electron chi connectivity index (χ0n) is 13.3. The molecule has 0 fully saturated rings. The normalized spacial score (nSPS) is 10.8. The molecule has 0 aliphatic carbocycles. The van der Waals surface area contributed by atoms with Gasteiger partial charge in [0.15, 0.2) is 11.5 Å². The molecule has 26 heavy (non-hydrogen) atoms. The van der Waals surface area contributed by atoms with E-state index in [1.165, 1.54) is 11.3 Å². The van der Waals surface area contributed by atoms with E-state index in [2.05, 4.69) is 20.5 Å². The lowest BCUT2D eigenvalue weighted by Gasteiger charge is -2.05. The van der Waals surface area contributed by atoms with Gasteiger partial charge in [-0.15, -0.1) is 21.5 Å². The number of halogens is 1. The zero-order valence-corrected chi connectivity index (χ0v) is 14.9. The minimum absolute atomic E-state index is 0.150. The van der Waals surface area contributed by atoms with Crippen LogP contribution in [0.2, 0.25) is 5.02 Å². The molecular weight excluding hydrogens is 370 g/mol. The van der Waals surface area contributed by atoms with Gasteiger partial charge >= 0.3 is 0 Å². The van der Waals surface area contributed by atoms with Crippen molar-refractivity contribution in [2.24, 2.45) is 5.73 Å². The van der Waals surface area contributed by atoms with Crippen LogP contribution in [0, 0.1) is 0 Å². The fourth-order valence-corrected chi connectivity index (χ4v) is 3.79. The molecule has 0 spiro atoms. The summed E-state index contributed by atoms with van der Waals surface area (Å²) >= 11 is 7.39. The first-order valence-electron chi connectivity index (χ1n) is 7.66. The largest absolute Gasteiger partial charge is 0.364 e. The molecule has 1 aromatic carbocycles. The summed E-state index contributed by atoms with van der Waals surface area (Å²) in [5.74, 6) is 0.533. The number of thiophene rings is 1. The monoisotopic (exact) mass is 381 g/mol. The van der Waals surface area contributed by atoms with Gasteiger partial charge in [-0.3, -0.25) is 4.79 Å². The number of rotatable bonds is 4. The number of pyridine rings is 1. The van der Waals surface area contributed by atoms with Gasteiger partial charge in [0.05, 0.1) is 4.70 Å². The standard InChI is InChI=1S/C18H12ClN5OS/c19-11-6-4-10(5-7-11)13-9-12-16(26-13)15(17(20)25)23-24-18(12)22-14-3-1-2-8-21-14/h1-9H,(H2,20,25)(H,21,22,24). The molecule has 0 radical (unpaired) electrons. The summed E-state index contributed by atoms with van der Waals surface area (Å²) in [7, 11) is 0. The van der Waals surface area contributed by atoms with Crippen molar-refractivity contribution in [3.8, 4) is 10.4 Å². The van der Waals surface area contributed by atoms with E-state index in [9.17, 15) is 4.79 Å². The second kappa shape index (κ2) is 6.70. The number of carbonyl (C=O) groups excluding carboxylic acids is 1. The van der Waals surface area contributed by atoms with Crippen LogP contribution in [-0.2, 0) is 0 Å². The molecule has 0 atom stereocenters. The zero-order chi connectivity index (χ0) is 18.1. The van der Waals surface area contributed by atoms with Crippen molar-refractivity contribution in [1.82, 2.24) is 15.2 Å². The SMILES string of the molecule is NC(=O)c1nnc(Nc2ccccn2)c2cc(-c3ccc(Cl)cc3)sc12. The Bertz CT molecular complexity index is 1100. The Kier molecular flexibility index (Phi) is 4.24. The fraction of sp³-hybridized carbons (Fsp3) is 0. The van der Waals surface area contributed by atoms with Crippen molar-refractivity contribution in [3.63, 3.8) is 0 Å². The van der Waals surface area contributed by atoms with Gasteiger partial charge in [0.25, 0.3) is 5.91 Å². The quantitative estimate of drug-likeness (QED) is 0.551. The highest BCUT2D eigenvalue weighted by Crippen LogP contribution is 2.38. The smallest absolute Gasteiger partial charge is 0.270 e. The molecule has 1 amide bonds. The minimum Gasteiger partial charge on any atom is -0.364 e. The molecule has 0 bridgehead atoms. The summed E-state index contributed by atoms with van der Waals surface area (Å²) in [6.45, 7) is 0. The second-order valence-corrected chi connectivity index (χ2v) is 6.95. The highest BCUT2D eigenvalue weighted by molar-refractivity contribution is 7.22. The lowest BCUT2D eigenvalue weighted by molar-refractivity contribution is 0.0996. The van der Waals surface area contributed by atoms with Crippen LogP contribution in [0.3, 0.4) is 0 Å². The molecule has 0 aliphatic rings. The highest BCUT2D eigenvalue weighted by Gasteiger charge is 2.18. The molecule has 0 unspecified atom stereocenters. The van der Waals surface area contributed by atoms with Crippen LogP contribution in [0.15, 0.2) is 54.7 Å². The van der Waals surface area contributed by atoms with Gasteiger partial charge in [-0.25, -0.2) is 4.98 Å². The minimum atomic E-state index is -0.614. The van der Waals surface area contributed by atoms with Crippen LogP contribution in [0.5, 0.6) is 0 Å². The maximum Gasteiger partial charge on any atom is 0.270 e. The van der Waals surface area contributed by atoms with Crippen molar-refractivity contribution in [1.29, 1.82) is 0 Å². The van der Waals surface area contributed by atoms with Crippen LogP contribution < -0.4 is 11.1 Å². The molecule has 0 saturated heterocycles. The second-order valence-electron chi connectivity index (χ2n) is 5.46. The van der Waals surface area contributed by atoms with E-state index in [-0.39, 0.29) is 5.69 Å². The van der Waals surface area contributed by atoms with E-state index in [4.69, 9.17) is 17.3 Å². The molecule has 6 nitrogen and oxygen atoms in total. The molecule has 0 saturated carbocycles. The molecule has 3 aromatic heterocycles. The Morgan fingerprint density at radius 2 is 1.92 bits per heavy atom. The summed E-state index contributed by atoms with van der Waals surface area (Å²) < 4.78 is 0.677. The fourth-order valence-electron chi connectivity index (χ4n) is 2.51. The van der Waals surface area contributed by atoms with E-state index in [0.717, 1.165) is 15.8 Å². The Morgan fingerprint density at radius 1 is 1.12 bits per heavy atom. The maximum atomic E-state index is 11.8. The van der Waals surface area contributed by atoms with E-state index in [1.807, 2.05) is 48.5 Å². The van der Waals surface area contributed by atoms with Crippen molar-refractivity contribution in [2.75, 3.05) is 5.32 Å². The van der Waals surface area contributed by atoms with E-state index in [0.29, 0.717) is 21.4 Å². The molecule has 8 heteroatoms. The number of primary amides is 1. The third kappa shape index (κ3) is 3.10. The van der Waals surface area contributed by atoms with E-state index < -0.39 is 5.91 Å². The van der Waals surface area contributed by atoms with Gasteiger partial charge < -0.3 is 11.1 Å². The van der Waals surface area contributed by atoms with Gasteiger partial charge in [0.2, 0.25) is 0 Å². The first-order valence-corrected chi connectivity index (χ1v) is 8.85. The number of nitrogens with two attached hydrogens (primary N) is 1. The van der Waals surface area contributed by atoms with Crippen molar-refractivity contribution < 1.29 is 4.79 Å². The van der Waals surface area contributed by atoms with Gasteiger partial charge in [0, 0.05) is 21.5 Å². The van der Waals surface area contributed by atoms with Crippen LogP contribution in [0.4, 0.5) is 11.6 Å². The number of benzene rings is 1. The number of anilines is 2. The predicted octanol–water partition coefficient (Wildman–Crippen LogP) is 4.25. The predicted molar refractivity (Wildman–Crippen MR) is 104 cm³/mol. The van der Waals surface area contributed by atoms with E-state index >= 15 is 0 Å². The number of fused-ring (bicyclic) bond motifs is 1. The summed E-state index contributed by atoms with van der Waals surface area (Å²) in [6.07, 6.45) is 1.68. The molecule has 4 rings (SSSR count). The molecular formula is C18H12ClN5OS. The summed E-state index contributed by atoms with van der Waals surface area (Å²) in [5, 5.41) is 12.7. The summed E-state index contributed by atoms with van der Waals surface area (Å²) in [6, 6.07) is 14.9. The summed E-state index contributed by atoms with van der Waals surface area (Å²) in [5.41, 5.74) is 6.60. The lowest BCUT2D eigenvalue weighted by Crippen LogP contribution is -2.14. The number of nitrogens with one attached hydrogen (secondary N) is 1. The van der Waals surface area contributed by atoms with Crippen molar-refractivity contribution >= 4 is 50.6 Å². The summed E-state index contributed by atoms with van der Waals surface area (Å²) in [4.78, 5) is 16.9. The van der Waals surface area contributed by atoms with Crippen LogP contribution in [-0.4, -0.2) is 21.1 Å². The number of hydrogen-bond acceptors (Lipinski definition) is 6.